The first kappa shape index (κ1) is 17.6. The van der Waals surface area contributed by atoms with Gasteiger partial charge in [-0.15, -0.1) is 0 Å². The zero-order valence-corrected chi connectivity index (χ0v) is 14.5. The van der Waals surface area contributed by atoms with Crippen molar-refractivity contribution in [3.05, 3.63) is 40.4 Å². The fourth-order valence-corrected chi connectivity index (χ4v) is 2.83. The number of nitrogens with zero attached hydrogens (tertiary/aromatic N) is 2. The van der Waals surface area contributed by atoms with Crippen molar-refractivity contribution >= 4 is 40.7 Å². The molecule has 0 bridgehead atoms. The summed E-state index contributed by atoms with van der Waals surface area (Å²) in [5, 5.41) is 4.12. The van der Waals surface area contributed by atoms with Gasteiger partial charge in [-0.1, -0.05) is 29.8 Å². The topological polar surface area (TPSA) is 52.7 Å². The maximum absolute atomic E-state index is 12.3. The van der Waals surface area contributed by atoms with Gasteiger partial charge in [0.05, 0.1) is 17.3 Å². The van der Waals surface area contributed by atoms with Crippen molar-refractivity contribution in [3.63, 3.8) is 0 Å². The molecular weight excluding hydrogens is 337 g/mol. The number of benzene rings is 1. The van der Waals surface area contributed by atoms with Crippen molar-refractivity contribution in [1.29, 1.82) is 0 Å². The lowest BCUT2D eigenvalue weighted by atomic mass is 10.2. The standard InChI is InChI=1S/C16H19Cl2N3O2/c1-3-15(22)20-4-6-21(7-5-20)16(23)10-19-14-8-11(2)12(17)9-13(14)18/h3,8-9,19H,1,4-7,10H2,2H3. The maximum Gasteiger partial charge on any atom is 0.246 e. The van der Waals surface area contributed by atoms with E-state index < -0.39 is 0 Å². The monoisotopic (exact) mass is 355 g/mol. The van der Waals surface area contributed by atoms with Gasteiger partial charge in [-0.2, -0.15) is 0 Å². The molecule has 1 heterocycles. The molecule has 5 nitrogen and oxygen atoms in total. The minimum atomic E-state index is -0.0985. The number of rotatable bonds is 4. The molecule has 0 aromatic heterocycles. The van der Waals surface area contributed by atoms with Crippen molar-refractivity contribution in [2.24, 2.45) is 0 Å². The summed E-state index contributed by atoms with van der Waals surface area (Å²) in [7, 11) is 0. The van der Waals surface area contributed by atoms with Crippen LogP contribution in [0.1, 0.15) is 5.56 Å². The molecule has 2 rings (SSSR count). The fraction of sp³-hybridized carbons (Fsp3) is 0.375. The van der Waals surface area contributed by atoms with Gasteiger partial charge in [-0.25, -0.2) is 0 Å². The molecule has 1 fully saturated rings. The van der Waals surface area contributed by atoms with E-state index in [1.54, 1.807) is 15.9 Å². The first-order chi connectivity index (χ1) is 10.9. The van der Waals surface area contributed by atoms with Gasteiger partial charge in [0.25, 0.3) is 0 Å². The summed E-state index contributed by atoms with van der Waals surface area (Å²) in [5.74, 6) is -0.127. The van der Waals surface area contributed by atoms with Gasteiger partial charge in [0, 0.05) is 31.2 Å². The minimum absolute atomic E-state index is 0.0284. The number of hydrogen-bond donors (Lipinski definition) is 1. The van der Waals surface area contributed by atoms with Crippen molar-refractivity contribution < 1.29 is 9.59 Å². The summed E-state index contributed by atoms with van der Waals surface area (Å²) in [6.07, 6.45) is 1.30. The number of anilines is 1. The minimum Gasteiger partial charge on any atom is -0.375 e. The van der Waals surface area contributed by atoms with E-state index in [0.29, 0.717) is 41.9 Å². The third-order valence-corrected chi connectivity index (χ3v) is 4.52. The first-order valence-corrected chi connectivity index (χ1v) is 8.06. The highest BCUT2D eigenvalue weighted by Gasteiger charge is 2.22. The van der Waals surface area contributed by atoms with E-state index in [9.17, 15) is 9.59 Å². The molecule has 1 aliphatic heterocycles. The van der Waals surface area contributed by atoms with Crippen LogP contribution in [0.2, 0.25) is 10.0 Å². The zero-order valence-electron chi connectivity index (χ0n) is 12.9. The molecule has 2 amide bonds. The Morgan fingerprint density at radius 3 is 2.39 bits per heavy atom. The second-order valence-electron chi connectivity index (χ2n) is 5.34. The van der Waals surface area contributed by atoms with Gasteiger partial charge < -0.3 is 15.1 Å². The highest BCUT2D eigenvalue weighted by Crippen LogP contribution is 2.28. The van der Waals surface area contributed by atoms with Crippen molar-refractivity contribution in [2.75, 3.05) is 38.0 Å². The lowest BCUT2D eigenvalue weighted by Gasteiger charge is -2.34. The summed E-state index contributed by atoms with van der Waals surface area (Å²) in [5.41, 5.74) is 1.57. The quantitative estimate of drug-likeness (QED) is 0.844. The summed E-state index contributed by atoms with van der Waals surface area (Å²) in [4.78, 5) is 27.2. The highest BCUT2D eigenvalue weighted by molar-refractivity contribution is 6.36. The number of nitrogens with one attached hydrogen (secondary N) is 1. The Morgan fingerprint density at radius 2 is 1.78 bits per heavy atom. The van der Waals surface area contributed by atoms with E-state index in [4.69, 9.17) is 23.2 Å². The van der Waals surface area contributed by atoms with Crippen molar-refractivity contribution in [3.8, 4) is 0 Å². The molecule has 0 aliphatic carbocycles. The molecule has 23 heavy (non-hydrogen) atoms. The predicted molar refractivity (Wildman–Crippen MR) is 93.0 cm³/mol. The second kappa shape index (κ2) is 7.70. The average molecular weight is 356 g/mol. The molecule has 124 valence electrons. The van der Waals surface area contributed by atoms with Gasteiger partial charge in [0.2, 0.25) is 11.8 Å². The third kappa shape index (κ3) is 4.39. The summed E-state index contributed by atoms with van der Waals surface area (Å²) < 4.78 is 0. The molecule has 1 saturated heterocycles. The van der Waals surface area contributed by atoms with Crippen LogP contribution in [-0.2, 0) is 9.59 Å². The molecule has 0 spiro atoms. The van der Waals surface area contributed by atoms with Crippen LogP contribution in [0.4, 0.5) is 5.69 Å². The molecule has 1 aromatic rings. The largest absolute Gasteiger partial charge is 0.375 e. The number of amides is 2. The summed E-state index contributed by atoms with van der Waals surface area (Å²) in [6.45, 7) is 7.59. The van der Waals surface area contributed by atoms with Crippen LogP contribution < -0.4 is 5.32 Å². The van der Waals surface area contributed by atoms with Crippen molar-refractivity contribution in [1.82, 2.24) is 9.80 Å². The van der Waals surface area contributed by atoms with Crippen LogP contribution in [0.5, 0.6) is 0 Å². The summed E-state index contributed by atoms with van der Waals surface area (Å²) in [6, 6.07) is 3.48. The molecule has 0 atom stereocenters. The molecule has 1 aliphatic rings. The Kier molecular flexibility index (Phi) is 5.91. The van der Waals surface area contributed by atoms with Gasteiger partial charge >= 0.3 is 0 Å². The lowest BCUT2D eigenvalue weighted by molar-refractivity contribution is -0.135. The number of aryl methyl sites for hydroxylation is 1. The third-order valence-electron chi connectivity index (χ3n) is 3.80. The van der Waals surface area contributed by atoms with E-state index in [2.05, 4.69) is 11.9 Å². The van der Waals surface area contributed by atoms with Crippen LogP contribution >= 0.6 is 23.2 Å². The Bertz CT molecular complexity index is 626. The van der Waals surface area contributed by atoms with Crippen LogP contribution in [0.25, 0.3) is 0 Å². The molecular formula is C16H19Cl2N3O2. The van der Waals surface area contributed by atoms with E-state index >= 15 is 0 Å². The van der Waals surface area contributed by atoms with E-state index in [1.165, 1.54) is 6.08 Å². The second-order valence-corrected chi connectivity index (χ2v) is 6.16. The zero-order chi connectivity index (χ0) is 17.0. The Morgan fingerprint density at radius 1 is 1.17 bits per heavy atom. The van der Waals surface area contributed by atoms with Crippen LogP contribution in [-0.4, -0.2) is 54.3 Å². The molecule has 1 aromatic carbocycles. The van der Waals surface area contributed by atoms with Crippen LogP contribution in [0, 0.1) is 6.92 Å². The molecule has 1 N–H and O–H groups in total. The number of carbonyl (C=O) groups excluding carboxylic acids is 2. The smallest absolute Gasteiger partial charge is 0.246 e. The molecule has 0 saturated carbocycles. The number of piperazine rings is 1. The Labute approximate surface area is 145 Å². The molecule has 7 heteroatoms. The Hall–Kier alpha value is -1.72. The van der Waals surface area contributed by atoms with E-state index in [-0.39, 0.29) is 18.4 Å². The van der Waals surface area contributed by atoms with Gasteiger partial charge in [0.1, 0.15) is 0 Å². The average Bonchev–Trinajstić information content (AvgIpc) is 2.56. The Balaban J connectivity index is 1.88. The van der Waals surface area contributed by atoms with E-state index in [1.807, 2.05) is 13.0 Å². The highest BCUT2D eigenvalue weighted by atomic mass is 35.5. The summed E-state index contributed by atoms with van der Waals surface area (Å²) >= 11 is 12.1. The van der Waals surface area contributed by atoms with E-state index in [0.717, 1.165) is 5.56 Å². The number of hydrogen-bond acceptors (Lipinski definition) is 3. The number of carbonyl (C=O) groups is 2. The van der Waals surface area contributed by atoms with Crippen molar-refractivity contribution in [2.45, 2.75) is 6.92 Å². The van der Waals surface area contributed by atoms with Crippen LogP contribution in [0.15, 0.2) is 24.8 Å². The van der Waals surface area contributed by atoms with Crippen LogP contribution in [0.3, 0.4) is 0 Å². The van der Waals surface area contributed by atoms with Gasteiger partial charge in [-0.3, -0.25) is 9.59 Å². The normalized spacial score (nSPS) is 14.6. The maximum atomic E-state index is 12.3. The van der Waals surface area contributed by atoms with Gasteiger partial charge in [0.15, 0.2) is 0 Å². The van der Waals surface area contributed by atoms with Gasteiger partial charge in [-0.05, 0) is 30.7 Å². The SMILES string of the molecule is C=CC(=O)N1CCN(C(=O)CNc2cc(C)c(Cl)cc2Cl)CC1. The first-order valence-electron chi connectivity index (χ1n) is 7.31. The number of halogens is 2. The fourth-order valence-electron chi connectivity index (χ4n) is 2.38. The predicted octanol–water partition coefficient (Wildman–Crippen LogP) is 2.57. The molecule has 0 radical (unpaired) electrons. The lowest BCUT2D eigenvalue weighted by Crippen LogP contribution is -2.51. The molecule has 0 unspecified atom stereocenters.